The number of amides is 1. The lowest BCUT2D eigenvalue weighted by atomic mass is 9.70. The summed E-state index contributed by atoms with van der Waals surface area (Å²) in [6, 6.07) is 0. The van der Waals surface area contributed by atoms with Gasteiger partial charge in [0.2, 0.25) is 0 Å². The lowest BCUT2D eigenvalue weighted by Gasteiger charge is -2.42. The van der Waals surface area contributed by atoms with Crippen molar-refractivity contribution in [1.29, 1.82) is 0 Å². The largest absolute Gasteiger partial charge is 0.444 e. The zero-order valence-electron chi connectivity index (χ0n) is 12.5. The monoisotopic (exact) mass is 343 g/mol. The molecule has 1 amide bonds. The van der Waals surface area contributed by atoms with Gasteiger partial charge >= 0.3 is 6.09 Å². The van der Waals surface area contributed by atoms with E-state index in [9.17, 15) is 9.59 Å². The number of ether oxygens (including phenoxy) is 1. The van der Waals surface area contributed by atoms with Crippen molar-refractivity contribution in [1.82, 2.24) is 5.32 Å². The molecule has 0 heterocycles. The molecular formula is C15H22BrNO3. The fraction of sp³-hybridized carbons (Fsp3) is 0.600. The van der Waals surface area contributed by atoms with E-state index in [2.05, 4.69) is 21.2 Å². The first kappa shape index (κ1) is 17.0. The van der Waals surface area contributed by atoms with E-state index in [1.54, 1.807) is 0 Å². The Hall–Kier alpha value is -1.10. The number of nitrogens with one attached hydrogen (secondary N) is 1. The average Bonchev–Trinajstić information content (AvgIpc) is 2.25. The zero-order chi connectivity index (χ0) is 15.4. The van der Waals surface area contributed by atoms with Gasteiger partial charge in [0.05, 0.1) is 5.54 Å². The number of hydrogen-bond donors (Lipinski definition) is 1. The molecule has 0 saturated heterocycles. The first-order chi connectivity index (χ1) is 9.22. The maximum absolute atomic E-state index is 12.0. The lowest BCUT2D eigenvalue weighted by molar-refractivity contribution is -0.127. The molecule has 0 radical (unpaired) electrons. The number of alkyl halides is 1. The summed E-state index contributed by atoms with van der Waals surface area (Å²) in [5.41, 5.74) is -0.240. The number of ketones is 1. The molecule has 0 bridgehead atoms. The van der Waals surface area contributed by atoms with Crippen LogP contribution in [0.4, 0.5) is 4.79 Å². The van der Waals surface area contributed by atoms with Crippen LogP contribution in [0.1, 0.15) is 40.5 Å². The van der Waals surface area contributed by atoms with Crippen molar-refractivity contribution in [2.75, 3.05) is 5.33 Å². The summed E-state index contributed by atoms with van der Waals surface area (Å²) in [6.45, 7) is 7.33. The van der Waals surface area contributed by atoms with Gasteiger partial charge in [0.25, 0.3) is 0 Å². The normalized spacial score (nSPS) is 18.9. The van der Waals surface area contributed by atoms with Crippen LogP contribution in [-0.4, -0.2) is 28.3 Å². The molecular weight excluding hydrogens is 322 g/mol. The minimum absolute atomic E-state index is 0.146. The van der Waals surface area contributed by atoms with Gasteiger partial charge in [-0.1, -0.05) is 34.2 Å². The van der Waals surface area contributed by atoms with Gasteiger partial charge in [-0.25, -0.2) is 4.79 Å². The molecule has 0 aliphatic heterocycles. The van der Waals surface area contributed by atoms with Gasteiger partial charge in [-0.3, -0.25) is 4.79 Å². The highest BCUT2D eigenvalue weighted by Gasteiger charge is 2.47. The Morgan fingerprint density at radius 3 is 2.45 bits per heavy atom. The Morgan fingerprint density at radius 1 is 1.45 bits per heavy atom. The van der Waals surface area contributed by atoms with Crippen LogP contribution in [0.3, 0.4) is 0 Å². The van der Waals surface area contributed by atoms with Crippen LogP contribution in [0.15, 0.2) is 23.8 Å². The molecule has 1 N–H and O–H groups in total. The SMILES string of the molecule is C/C=C(\C=C/CBr)C1(NC(=O)OC(C)(C)C)CC(=O)C1. The summed E-state index contributed by atoms with van der Waals surface area (Å²) in [7, 11) is 0. The van der Waals surface area contributed by atoms with E-state index in [1.165, 1.54) is 0 Å². The third kappa shape index (κ3) is 4.47. The standard InChI is InChI=1S/C15H22BrNO3/c1-5-11(7-6-8-16)15(9-12(18)10-15)17-13(19)20-14(2,3)4/h5-7H,8-10H2,1-4H3,(H,17,19)/b7-6-,11-5+. The predicted octanol–water partition coefficient (Wildman–Crippen LogP) is 3.51. The van der Waals surface area contributed by atoms with Crippen LogP contribution < -0.4 is 5.32 Å². The van der Waals surface area contributed by atoms with Crippen LogP contribution in [-0.2, 0) is 9.53 Å². The van der Waals surface area contributed by atoms with Crippen molar-refractivity contribution in [2.24, 2.45) is 0 Å². The van der Waals surface area contributed by atoms with Crippen molar-refractivity contribution < 1.29 is 14.3 Å². The van der Waals surface area contributed by atoms with Crippen molar-refractivity contribution in [3.63, 3.8) is 0 Å². The highest BCUT2D eigenvalue weighted by molar-refractivity contribution is 9.09. The van der Waals surface area contributed by atoms with E-state index >= 15 is 0 Å². The molecule has 0 aromatic rings. The van der Waals surface area contributed by atoms with E-state index in [1.807, 2.05) is 45.9 Å². The predicted molar refractivity (Wildman–Crippen MR) is 83.0 cm³/mol. The van der Waals surface area contributed by atoms with Crippen LogP contribution >= 0.6 is 15.9 Å². The van der Waals surface area contributed by atoms with Crippen molar-refractivity contribution in [2.45, 2.75) is 51.7 Å². The Morgan fingerprint density at radius 2 is 2.05 bits per heavy atom. The molecule has 0 aromatic carbocycles. The Bertz CT molecular complexity index is 439. The minimum atomic E-state index is -0.618. The van der Waals surface area contributed by atoms with E-state index < -0.39 is 17.2 Å². The quantitative estimate of drug-likeness (QED) is 0.627. The van der Waals surface area contributed by atoms with Gasteiger partial charge in [-0.15, -0.1) is 0 Å². The molecule has 20 heavy (non-hydrogen) atoms. The number of alkyl carbamates (subject to hydrolysis) is 1. The molecule has 1 fully saturated rings. The molecule has 112 valence electrons. The van der Waals surface area contributed by atoms with Crippen molar-refractivity contribution in [3.05, 3.63) is 23.8 Å². The molecule has 0 spiro atoms. The van der Waals surface area contributed by atoms with Gasteiger partial charge in [-0.05, 0) is 33.3 Å². The fourth-order valence-electron chi connectivity index (χ4n) is 2.19. The second-order valence-corrected chi connectivity index (χ2v) is 6.55. The van der Waals surface area contributed by atoms with Gasteiger partial charge in [0.15, 0.2) is 0 Å². The highest BCUT2D eigenvalue weighted by Crippen LogP contribution is 2.36. The summed E-state index contributed by atoms with van der Waals surface area (Å²) >= 11 is 3.32. The first-order valence-corrected chi connectivity index (χ1v) is 7.77. The molecule has 1 rings (SSSR count). The number of carbonyl (C=O) groups excluding carboxylic acids is 2. The van der Waals surface area contributed by atoms with E-state index in [-0.39, 0.29) is 5.78 Å². The maximum atomic E-state index is 12.0. The van der Waals surface area contributed by atoms with Crippen molar-refractivity contribution >= 4 is 27.8 Å². The number of carbonyl (C=O) groups is 2. The third-order valence-corrected chi connectivity index (χ3v) is 3.36. The smallest absolute Gasteiger partial charge is 0.408 e. The number of rotatable bonds is 4. The molecule has 5 heteroatoms. The first-order valence-electron chi connectivity index (χ1n) is 6.64. The van der Waals surface area contributed by atoms with Crippen LogP contribution in [0.25, 0.3) is 0 Å². The molecule has 1 saturated carbocycles. The topological polar surface area (TPSA) is 55.4 Å². The number of allylic oxidation sites excluding steroid dienone is 2. The summed E-state index contributed by atoms with van der Waals surface area (Å²) < 4.78 is 5.28. The maximum Gasteiger partial charge on any atom is 0.408 e. The zero-order valence-corrected chi connectivity index (χ0v) is 14.0. The molecule has 4 nitrogen and oxygen atoms in total. The molecule has 0 unspecified atom stereocenters. The summed E-state index contributed by atoms with van der Waals surface area (Å²) in [4.78, 5) is 23.4. The van der Waals surface area contributed by atoms with Gasteiger partial charge in [0.1, 0.15) is 11.4 Å². The molecule has 1 aliphatic carbocycles. The summed E-state index contributed by atoms with van der Waals surface area (Å²) in [5.74, 6) is 0.146. The fourth-order valence-corrected chi connectivity index (χ4v) is 2.38. The Kier molecular flexibility index (Phi) is 5.57. The number of hydrogen-bond acceptors (Lipinski definition) is 3. The van der Waals surface area contributed by atoms with Crippen LogP contribution in [0.5, 0.6) is 0 Å². The second kappa shape index (κ2) is 6.57. The average molecular weight is 344 g/mol. The van der Waals surface area contributed by atoms with E-state index in [0.717, 1.165) is 10.9 Å². The van der Waals surface area contributed by atoms with E-state index in [4.69, 9.17) is 4.74 Å². The number of halogens is 1. The van der Waals surface area contributed by atoms with Crippen LogP contribution in [0.2, 0.25) is 0 Å². The van der Waals surface area contributed by atoms with Crippen LogP contribution in [0, 0.1) is 0 Å². The highest BCUT2D eigenvalue weighted by atomic mass is 79.9. The van der Waals surface area contributed by atoms with E-state index in [0.29, 0.717) is 12.8 Å². The second-order valence-electron chi connectivity index (χ2n) is 5.90. The Balaban J connectivity index is 2.85. The summed E-state index contributed by atoms with van der Waals surface area (Å²) in [5, 5.41) is 3.58. The minimum Gasteiger partial charge on any atom is -0.444 e. The third-order valence-electron chi connectivity index (χ3n) is 2.99. The van der Waals surface area contributed by atoms with Gasteiger partial charge in [0, 0.05) is 18.2 Å². The van der Waals surface area contributed by atoms with Crippen molar-refractivity contribution in [3.8, 4) is 0 Å². The summed E-state index contributed by atoms with van der Waals surface area (Å²) in [6.07, 6.45) is 5.94. The van der Waals surface area contributed by atoms with Gasteiger partial charge < -0.3 is 10.1 Å². The Labute approximate surface area is 128 Å². The molecule has 0 aromatic heterocycles. The lowest BCUT2D eigenvalue weighted by Crippen LogP contribution is -2.59. The molecule has 0 atom stereocenters. The number of Topliss-reactive ketones (excluding diaryl/α,β-unsaturated/α-hetero) is 1. The van der Waals surface area contributed by atoms with Gasteiger partial charge in [-0.2, -0.15) is 0 Å². The molecule has 1 aliphatic rings.